The maximum atomic E-state index is 13.0. The van der Waals surface area contributed by atoms with E-state index in [1.54, 1.807) is 17.4 Å². The van der Waals surface area contributed by atoms with Crippen LogP contribution in [0.2, 0.25) is 0 Å². The van der Waals surface area contributed by atoms with Gasteiger partial charge in [-0.15, -0.1) is 11.3 Å². The van der Waals surface area contributed by atoms with E-state index in [9.17, 15) is 9.59 Å². The van der Waals surface area contributed by atoms with Gasteiger partial charge in [0.15, 0.2) is 0 Å². The number of carbonyl (C=O) groups is 1. The lowest BCUT2D eigenvalue weighted by Crippen LogP contribution is -2.24. The molecule has 0 saturated heterocycles. The summed E-state index contributed by atoms with van der Waals surface area (Å²) >= 11 is 1.56. The number of carbonyl (C=O) groups excluding carboxylic acids is 1. The van der Waals surface area contributed by atoms with Gasteiger partial charge in [0, 0.05) is 17.2 Å². The van der Waals surface area contributed by atoms with Gasteiger partial charge >= 0.3 is 0 Å². The number of aromatic nitrogens is 4. The Balaban J connectivity index is 1.58. The van der Waals surface area contributed by atoms with Crippen LogP contribution in [0.1, 0.15) is 45.6 Å². The Morgan fingerprint density at radius 3 is 2.75 bits per heavy atom. The van der Waals surface area contributed by atoms with Gasteiger partial charge in [-0.1, -0.05) is 12.1 Å². The molecule has 1 aliphatic rings. The third kappa shape index (κ3) is 3.78. The molecule has 0 unspecified atom stereocenters. The predicted molar refractivity (Wildman–Crippen MR) is 126 cm³/mol. The summed E-state index contributed by atoms with van der Waals surface area (Å²) in [6, 6.07) is 11.3. The SMILES string of the molecule is Cc1ccc(C(=O)Nc2cc(-c3cccs3)nn2-c2nc3c(c(=O)[nH]2)CCCC3)cc1C. The zero-order chi connectivity index (χ0) is 22.2. The van der Waals surface area contributed by atoms with Gasteiger partial charge in [-0.05, 0) is 74.2 Å². The number of rotatable bonds is 4. The molecule has 0 aliphatic heterocycles. The average Bonchev–Trinajstić information content (AvgIpc) is 3.46. The average molecular weight is 446 g/mol. The second kappa shape index (κ2) is 8.20. The summed E-state index contributed by atoms with van der Waals surface area (Å²) in [7, 11) is 0. The summed E-state index contributed by atoms with van der Waals surface area (Å²) in [5.74, 6) is 0.525. The summed E-state index contributed by atoms with van der Waals surface area (Å²) < 4.78 is 1.52. The number of fused-ring (bicyclic) bond motifs is 1. The highest BCUT2D eigenvalue weighted by atomic mass is 32.1. The number of hydrogen-bond donors (Lipinski definition) is 2. The zero-order valence-electron chi connectivity index (χ0n) is 17.9. The van der Waals surface area contributed by atoms with E-state index in [0.717, 1.165) is 52.9 Å². The topological polar surface area (TPSA) is 92.7 Å². The van der Waals surface area contributed by atoms with E-state index in [1.165, 1.54) is 4.68 Å². The minimum Gasteiger partial charge on any atom is -0.306 e. The Hall–Kier alpha value is -3.52. The van der Waals surface area contributed by atoms with Crippen molar-refractivity contribution in [3.63, 3.8) is 0 Å². The number of benzene rings is 1. The van der Waals surface area contributed by atoms with E-state index >= 15 is 0 Å². The van der Waals surface area contributed by atoms with Crippen molar-refractivity contribution in [2.24, 2.45) is 0 Å². The van der Waals surface area contributed by atoms with Crippen LogP contribution in [0.25, 0.3) is 16.5 Å². The lowest BCUT2D eigenvalue weighted by Gasteiger charge is -2.15. The van der Waals surface area contributed by atoms with Gasteiger partial charge in [0.1, 0.15) is 11.5 Å². The van der Waals surface area contributed by atoms with Crippen molar-refractivity contribution in [2.75, 3.05) is 5.32 Å². The van der Waals surface area contributed by atoms with E-state index < -0.39 is 0 Å². The van der Waals surface area contributed by atoms with Crippen LogP contribution in [0.5, 0.6) is 0 Å². The lowest BCUT2D eigenvalue weighted by atomic mass is 9.97. The Bertz CT molecular complexity index is 1370. The highest BCUT2D eigenvalue weighted by Gasteiger charge is 2.20. The molecule has 7 nitrogen and oxygen atoms in total. The first-order chi connectivity index (χ1) is 15.5. The second-order valence-electron chi connectivity index (χ2n) is 8.08. The molecule has 2 N–H and O–H groups in total. The van der Waals surface area contributed by atoms with Gasteiger partial charge in [-0.2, -0.15) is 9.78 Å². The van der Waals surface area contributed by atoms with Crippen LogP contribution < -0.4 is 10.9 Å². The fourth-order valence-corrected chi connectivity index (χ4v) is 4.62. The molecule has 0 radical (unpaired) electrons. The number of nitrogens with one attached hydrogen (secondary N) is 2. The van der Waals surface area contributed by atoms with E-state index in [1.807, 2.05) is 49.6 Å². The van der Waals surface area contributed by atoms with Crippen molar-refractivity contribution in [3.05, 3.63) is 80.1 Å². The maximum Gasteiger partial charge on any atom is 0.256 e. The summed E-state index contributed by atoms with van der Waals surface area (Å²) in [6.45, 7) is 3.99. The smallest absolute Gasteiger partial charge is 0.256 e. The van der Waals surface area contributed by atoms with Gasteiger partial charge in [0.05, 0.1) is 10.6 Å². The van der Waals surface area contributed by atoms with Crippen LogP contribution in [0, 0.1) is 13.8 Å². The molecule has 162 valence electrons. The molecule has 0 spiro atoms. The fourth-order valence-electron chi connectivity index (χ4n) is 3.94. The monoisotopic (exact) mass is 445 g/mol. The first-order valence-electron chi connectivity index (χ1n) is 10.6. The minimum absolute atomic E-state index is 0.135. The Morgan fingerprint density at radius 1 is 1.12 bits per heavy atom. The van der Waals surface area contributed by atoms with Crippen molar-refractivity contribution in [2.45, 2.75) is 39.5 Å². The van der Waals surface area contributed by atoms with E-state index in [4.69, 9.17) is 4.98 Å². The second-order valence-corrected chi connectivity index (χ2v) is 9.03. The van der Waals surface area contributed by atoms with Crippen LogP contribution in [-0.4, -0.2) is 25.7 Å². The van der Waals surface area contributed by atoms with E-state index in [2.05, 4.69) is 15.4 Å². The van der Waals surface area contributed by atoms with Crippen LogP contribution >= 0.6 is 11.3 Å². The molecular weight excluding hydrogens is 422 g/mol. The molecule has 1 aromatic carbocycles. The van der Waals surface area contributed by atoms with Crippen molar-refractivity contribution in [3.8, 4) is 16.5 Å². The first-order valence-corrected chi connectivity index (χ1v) is 11.5. The standard InChI is InChI=1S/C24H23N5O2S/c1-14-9-10-16(12-15(14)2)22(30)26-21-13-19(20-8-5-11-32-20)28-29(21)24-25-18-7-4-3-6-17(18)23(31)27-24/h5,8-13H,3-4,6-7H2,1-2H3,(H,26,30)(H,25,27,31). The highest BCUT2D eigenvalue weighted by Crippen LogP contribution is 2.28. The van der Waals surface area contributed by atoms with Gasteiger partial charge < -0.3 is 5.32 Å². The normalized spacial score (nSPS) is 13.1. The number of thiophene rings is 1. The fraction of sp³-hybridized carbons (Fsp3) is 0.250. The van der Waals surface area contributed by atoms with Crippen molar-refractivity contribution in [1.29, 1.82) is 0 Å². The third-order valence-electron chi connectivity index (χ3n) is 5.87. The summed E-state index contributed by atoms with van der Waals surface area (Å²) in [6.07, 6.45) is 3.53. The minimum atomic E-state index is -0.243. The van der Waals surface area contributed by atoms with Crippen LogP contribution in [0.3, 0.4) is 0 Å². The number of anilines is 1. The van der Waals surface area contributed by atoms with Gasteiger partial charge in [-0.3, -0.25) is 14.6 Å². The number of aromatic amines is 1. The van der Waals surface area contributed by atoms with Crippen molar-refractivity contribution < 1.29 is 4.79 Å². The molecule has 5 rings (SSSR count). The molecule has 1 amide bonds. The largest absolute Gasteiger partial charge is 0.306 e. The zero-order valence-corrected chi connectivity index (χ0v) is 18.8. The molecule has 32 heavy (non-hydrogen) atoms. The van der Waals surface area contributed by atoms with Crippen molar-refractivity contribution >= 4 is 23.1 Å². The van der Waals surface area contributed by atoms with Crippen molar-refractivity contribution in [1.82, 2.24) is 19.7 Å². The number of aryl methyl sites for hydroxylation is 3. The first kappa shape index (κ1) is 20.4. The molecule has 1 aliphatic carbocycles. The molecule has 4 aromatic rings. The quantitative estimate of drug-likeness (QED) is 0.486. The van der Waals surface area contributed by atoms with Crippen LogP contribution in [0.4, 0.5) is 5.82 Å². The highest BCUT2D eigenvalue weighted by molar-refractivity contribution is 7.13. The number of hydrogen-bond acceptors (Lipinski definition) is 5. The van der Waals surface area contributed by atoms with Crippen LogP contribution in [0.15, 0.2) is 46.6 Å². The third-order valence-corrected chi connectivity index (χ3v) is 6.77. The summed E-state index contributed by atoms with van der Waals surface area (Å²) in [5.41, 5.74) is 4.87. The van der Waals surface area contributed by atoms with Gasteiger partial charge in [0.25, 0.3) is 11.5 Å². The summed E-state index contributed by atoms with van der Waals surface area (Å²) in [4.78, 5) is 34.2. The van der Waals surface area contributed by atoms with Gasteiger partial charge in [0.2, 0.25) is 5.95 Å². The number of amides is 1. The Morgan fingerprint density at radius 2 is 1.97 bits per heavy atom. The number of nitrogens with zero attached hydrogens (tertiary/aromatic N) is 3. The number of H-pyrrole nitrogens is 1. The predicted octanol–water partition coefficient (Wildman–Crippen LogP) is 4.43. The maximum absolute atomic E-state index is 13.0. The summed E-state index contributed by atoms with van der Waals surface area (Å²) in [5, 5.41) is 9.60. The molecule has 3 aromatic heterocycles. The molecule has 3 heterocycles. The molecule has 8 heteroatoms. The van der Waals surface area contributed by atoms with E-state index in [0.29, 0.717) is 23.0 Å². The Labute approximate surface area is 189 Å². The lowest BCUT2D eigenvalue weighted by molar-refractivity contribution is 0.102. The molecular formula is C24H23N5O2S. The molecule has 0 bridgehead atoms. The molecule has 0 saturated carbocycles. The van der Waals surface area contributed by atoms with Gasteiger partial charge in [-0.25, -0.2) is 4.98 Å². The Kier molecular flexibility index (Phi) is 5.22. The molecule has 0 fully saturated rings. The van der Waals surface area contributed by atoms with Crippen LogP contribution in [-0.2, 0) is 12.8 Å². The van der Waals surface area contributed by atoms with E-state index in [-0.39, 0.29) is 11.5 Å². The molecule has 0 atom stereocenters.